The quantitative estimate of drug-likeness (QED) is 0.0206. The molecule has 0 spiro atoms. The highest BCUT2D eigenvalue weighted by Crippen LogP contribution is 2.14. The zero-order valence-electron chi connectivity index (χ0n) is 34.5. The Balaban J connectivity index is 4.39. The molecule has 0 aliphatic heterocycles. The molecule has 0 N–H and O–H groups in total. The predicted molar refractivity (Wildman–Crippen MR) is 224 cm³/mol. The first kappa shape index (κ1) is 50.1. The SMILES string of the molecule is CC\C=C/C=C\C=C/CCCCCCCCCC(=O)OCC(COC(=O)CCCC/C=C\C/C=C\CC)OC(=O)CCCCCCCCCCCCC. The largest absolute Gasteiger partial charge is 0.462 e. The van der Waals surface area contributed by atoms with Crippen LogP contribution in [0, 0.1) is 0 Å². The molecule has 1 atom stereocenters. The van der Waals surface area contributed by atoms with Gasteiger partial charge in [-0.25, -0.2) is 0 Å². The van der Waals surface area contributed by atoms with Crippen molar-refractivity contribution < 1.29 is 28.6 Å². The van der Waals surface area contributed by atoms with Gasteiger partial charge in [-0.05, 0) is 64.2 Å². The highest BCUT2D eigenvalue weighted by Gasteiger charge is 2.19. The summed E-state index contributed by atoms with van der Waals surface area (Å²) in [6.45, 7) is 6.32. The molecule has 0 radical (unpaired) electrons. The molecule has 0 aliphatic rings. The van der Waals surface area contributed by atoms with E-state index < -0.39 is 6.10 Å². The minimum Gasteiger partial charge on any atom is -0.462 e. The van der Waals surface area contributed by atoms with Crippen LogP contribution in [0.5, 0.6) is 0 Å². The van der Waals surface area contributed by atoms with E-state index in [1.807, 2.05) is 0 Å². The number of allylic oxidation sites excluding steroid dienone is 10. The lowest BCUT2D eigenvalue weighted by Gasteiger charge is -2.18. The Morgan fingerprint density at radius 2 is 0.830 bits per heavy atom. The van der Waals surface area contributed by atoms with E-state index >= 15 is 0 Å². The van der Waals surface area contributed by atoms with Gasteiger partial charge in [-0.2, -0.15) is 0 Å². The normalized spacial score (nSPS) is 12.6. The standard InChI is InChI=1S/C47H80O6/c1-4-7-10-13-16-19-21-22-23-24-26-28-31-34-37-40-46(49)52-43-44(42-51-45(48)39-36-33-30-27-18-15-12-9-6-3)53-47(50)41-38-35-32-29-25-20-17-14-11-8-5-2/h7,9-10,12-13,16,18-19,21,27,44H,4-6,8,11,14-15,17,20,22-26,28-43H2,1-3H3/b10-7-,12-9-,16-13-,21-19-,27-18-. The van der Waals surface area contributed by atoms with Crippen molar-refractivity contribution in [2.75, 3.05) is 13.2 Å². The molecule has 0 bridgehead atoms. The minimum atomic E-state index is -0.786. The van der Waals surface area contributed by atoms with Gasteiger partial charge in [-0.1, -0.05) is 178 Å². The van der Waals surface area contributed by atoms with Crippen molar-refractivity contribution in [3.8, 4) is 0 Å². The summed E-state index contributed by atoms with van der Waals surface area (Å²) in [7, 11) is 0. The van der Waals surface area contributed by atoms with Crippen molar-refractivity contribution in [1.29, 1.82) is 0 Å². The summed E-state index contributed by atoms with van der Waals surface area (Å²) < 4.78 is 16.6. The number of ether oxygens (including phenoxy) is 3. The van der Waals surface area contributed by atoms with Crippen LogP contribution in [0.15, 0.2) is 60.8 Å². The van der Waals surface area contributed by atoms with Gasteiger partial charge in [0, 0.05) is 19.3 Å². The lowest BCUT2D eigenvalue weighted by atomic mass is 10.1. The highest BCUT2D eigenvalue weighted by atomic mass is 16.6. The van der Waals surface area contributed by atoms with E-state index in [1.54, 1.807) is 0 Å². The molecule has 0 aromatic rings. The molecule has 1 unspecified atom stereocenters. The van der Waals surface area contributed by atoms with Crippen molar-refractivity contribution in [2.45, 2.75) is 207 Å². The van der Waals surface area contributed by atoms with Crippen LogP contribution in [0.25, 0.3) is 0 Å². The molecule has 0 aromatic heterocycles. The van der Waals surface area contributed by atoms with Crippen LogP contribution in [0.1, 0.15) is 201 Å². The molecule has 0 aliphatic carbocycles. The number of esters is 3. The maximum absolute atomic E-state index is 12.7. The van der Waals surface area contributed by atoms with Gasteiger partial charge in [-0.3, -0.25) is 14.4 Å². The second-order valence-electron chi connectivity index (χ2n) is 14.3. The Hall–Kier alpha value is -2.89. The first-order valence-corrected chi connectivity index (χ1v) is 21.8. The molecule has 53 heavy (non-hydrogen) atoms. The van der Waals surface area contributed by atoms with Crippen molar-refractivity contribution in [2.24, 2.45) is 0 Å². The van der Waals surface area contributed by atoms with Crippen molar-refractivity contribution in [1.82, 2.24) is 0 Å². The second kappa shape index (κ2) is 41.9. The van der Waals surface area contributed by atoms with Gasteiger partial charge < -0.3 is 14.2 Å². The minimum absolute atomic E-state index is 0.0902. The Labute approximate surface area is 326 Å². The topological polar surface area (TPSA) is 78.9 Å². The number of rotatable bonds is 38. The maximum Gasteiger partial charge on any atom is 0.306 e. The van der Waals surface area contributed by atoms with Crippen LogP contribution in [0.4, 0.5) is 0 Å². The fraction of sp³-hybridized carbons (Fsp3) is 0.723. The molecular weight excluding hydrogens is 661 g/mol. The van der Waals surface area contributed by atoms with Gasteiger partial charge in [0.25, 0.3) is 0 Å². The fourth-order valence-electron chi connectivity index (χ4n) is 5.83. The lowest BCUT2D eigenvalue weighted by molar-refractivity contribution is -0.167. The van der Waals surface area contributed by atoms with Gasteiger partial charge in [0.15, 0.2) is 6.10 Å². The number of hydrogen-bond donors (Lipinski definition) is 0. The van der Waals surface area contributed by atoms with Crippen LogP contribution in [-0.2, 0) is 28.6 Å². The lowest BCUT2D eigenvalue weighted by Crippen LogP contribution is -2.30. The monoisotopic (exact) mass is 741 g/mol. The van der Waals surface area contributed by atoms with Crippen LogP contribution >= 0.6 is 0 Å². The summed E-state index contributed by atoms with van der Waals surface area (Å²) in [6.07, 6.45) is 49.3. The van der Waals surface area contributed by atoms with E-state index in [4.69, 9.17) is 14.2 Å². The Morgan fingerprint density at radius 1 is 0.415 bits per heavy atom. The molecule has 304 valence electrons. The number of unbranched alkanes of at least 4 members (excludes halogenated alkanes) is 19. The molecule has 0 saturated carbocycles. The fourth-order valence-corrected chi connectivity index (χ4v) is 5.83. The van der Waals surface area contributed by atoms with E-state index in [0.717, 1.165) is 83.5 Å². The molecule has 0 saturated heterocycles. The summed E-state index contributed by atoms with van der Waals surface area (Å²) in [5.74, 6) is -0.944. The zero-order valence-corrected chi connectivity index (χ0v) is 34.5. The molecule has 0 fully saturated rings. The smallest absolute Gasteiger partial charge is 0.306 e. The van der Waals surface area contributed by atoms with Gasteiger partial charge in [0.05, 0.1) is 0 Å². The summed E-state index contributed by atoms with van der Waals surface area (Å²) in [4.78, 5) is 37.6. The van der Waals surface area contributed by atoms with E-state index in [1.165, 1.54) is 77.0 Å². The van der Waals surface area contributed by atoms with Crippen molar-refractivity contribution >= 4 is 17.9 Å². The summed E-state index contributed by atoms with van der Waals surface area (Å²) in [5, 5.41) is 0. The Morgan fingerprint density at radius 3 is 1.38 bits per heavy atom. The highest BCUT2D eigenvalue weighted by molar-refractivity contribution is 5.71. The number of carbonyl (C=O) groups is 3. The second-order valence-corrected chi connectivity index (χ2v) is 14.3. The summed E-state index contributed by atoms with van der Waals surface area (Å²) in [5.41, 5.74) is 0. The molecule has 6 heteroatoms. The van der Waals surface area contributed by atoms with Gasteiger partial charge in [0.1, 0.15) is 13.2 Å². The molecular formula is C47H80O6. The Bertz CT molecular complexity index is 991. The van der Waals surface area contributed by atoms with E-state index in [9.17, 15) is 14.4 Å². The van der Waals surface area contributed by atoms with Gasteiger partial charge in [0.2, 0.25) is 0 Å². The first-order chi connectivity index (χ1) is 26.0. The Kier molecular flexibility index (Phi) is 39.6. The summed E-state index contributed by atoms with van der Waals surface area (Å²) >= 11 is 0. The van der Waals surface area contributed by atoms with Crippen molar-refractivity contribution in [3.05, 3.63) is 60.8 Å². The average Bonchev–Trinajstić information content (AvgIpc) is 3.15. The third-order valence-electron chi connectivity index (χ3n) is 9.08. The average molecular weight is 741 g/mol. The number of carbonyl (C=O) groups excluding carboxylic acids is 3. The number of hydrogen-bond acceptors (Lipinski definition) is 6. The van der Waals surface area contributed by atoms with Crippen LogP contribution < -0.4 is 0 Å². The zero-order chi connectivity index (χ0) is 38.7. The predicted octanol–water partition coefficient (Wildman–Crippen LogP) is 13.7. The molecule has 0 aromatic carbocycles. The third-order valence-corrected chi connectivity index (χ3v) is 9.08. The third kappa shape index (κ3) is 40.1. The first-order valence-electron chi connectivity index (χ1n) is 21.8. The van der Waals surface area contributed by atoms with E-state index in [0.29, 0.717) is 19.3 Å². The van der Waals surface area contributed by atoms with E-state index in [2.05, 4.69) is 81.5 Å². The maximum atomic E-state index is 12.7. The molecule has 0 amide bonds. The molecule has 0 rings (SSSR count). The molecule has 6 nitrogen and oxygen atoms in total. The summed E-state index contributed by atoms with van der Waals surface area (Å²) in [6, 6.07) is 0. The van der Waals surface area contributed by atoms with Gasteiger partial charge >= 0.3 is 17.9 Å². The van der Waals surface area contributed by atoms with Crippen LogP contribution in [-0.4, -0.2) is 37.2 Å². The van der Waals surface area contributed by atoms with E-state index in [-0.39, 0.29) is 31.1 Å². The van der Waals surface area contributed by atoms with Crippen molar-refractivity contribution in [3.63, 3.8) is 0 Å². The van der Waals surface area contributed by atoms with Gasteiger partial charge in [-0.15, -0.1) is 0 Å². The molecule has 0 heterocycles. The van der Waals surface area contributed by atoms with Crippen LogP contribution in [0.2, 0.25) is 0 Å². The van der Waals surface area contributed by atoms with Crippen LogP contribution in [0.3, 0.4) is 0 Å².